The summed E-state index contributed by atoms with van der Waals surface area (Å²) in [4.78, 5) is 11.5. The zero-order valence-corrected chi connectivity index (χ0v) is 12.3. The van der Waals surface area contributed by atoms with E-state index in [0.717, 1.165) is 9.14 Å². The number of halogens is 2. The van der Waals surface area contributed by atoms with Crippen molar-refractivity contribution in [3.8, 4) is 0 Å². The van der Waals surface area contributed by atoms with Gasteiger partial charge in [0.15, 0.2) is 5.60 Å². The first-order valence-electron chi connectivity index (χ1n) is 4.40. The second-order valence-corrected chi connectivity index (χ2v) is 5.57. The molecule has 0 amide bonds. The first-order chi connectivity index (χ1) is 7.05. The Kier molecular flexibility index (Phi) is 3.07. The van der Waals surface area contributed by atoms with Gasteiger partial charge in [-0.15, -0.1) is 0 Å². The molecule has 78 valence electrons. The summed E-state index contributed by atoms with van der Waals surface area (Å²) in [5.74, 6) is -0.230. The van der Waals surface area contributed by atoms with Crippen LogP contribution in [0.15, 0.2) is 37.5 Å². The van der Waals surface area contributed by atoms with Crippen LogP contribution in [0.4, 0.5) is 0 Å². The number of benzene rings is 1. The summed E-state index contributed by atoms with van der Waals surface area (Å²) < 4.78 is 7.07. The maximum atomic E-state index is 11.5. The van der Waals surface area contributed by atoms with Gasteiger partial charge in [-0.3, -0.25) is 0 Å². The Bertz CT molecular complexity index is 439. The number of esters is 1. The third-order valence-corrected chi connectivity index (χ3v) is 5.99. The molecule has 1 aliphatic heterocycles. The molecule has 15 heavy (non-hydrogen) atoms. The average molecular weight is 426 g/mol. The fourth-order valence-electron chi connectivity index (χ4n) is 1.52. The van der Waals surface area contributed by atoms with E-state index < -0.39 is 5.60 Å². The first kappa shape index (κ1) is 11.4. The number of carbonyl (C=O) groups excluding carboxylic acids is 1. The molecule has 0 aromatic heterocycles. The molecule has 1 aromatic rings. The lowest BCUT2D eigenvalue weighted by molar-refractivity contribution is -0.145. The molecule has 0 spiro atoms. The zero-order valence-electron chi connectivity index (χ0n) is 7.96. The van der Waals surface area contributed by atoms with Gasteiger partial charge in [-0.2, -0.15) is 0 Å². The molecule has 1 heterocycles. The Labute approximate surface area is 115 Å². The lowest BCUT2D eigenvalue weighted by atomic mass is 9.97. The number of ether oxygens (including phenoxy) is 1. The van der Waals surface area contributed by atoms with Gasteiger partial charge >= 0.3 is 5.97 Å². The van der Waals surface area contributed by atoms with Gasteiger partial charge in [0, 0.05) is 5.56 Å². The molecule has 0 N–H and O–H groups in total. The third-order valence-electron chi connectivity index (χ3n) is 2.41. The standard InChI is InChI=1S/C11H8I2O2/c1-11(7-5-3-2-4-6-7)9(13)8(12)10(14)15-11/h2-6H,1H3. The van der Waals surface area contributed by atoms with Crippen LogP contribution in [0.1, 0.15) is 12.5 Å². The van der Waals surface area contributed by atoms with Crippen molar-refractivity contribution in [1.82, 2.24) is 0 Å². The van der Waals surface area contributed by atoms with Crippen molar-refractivity contribution < 1.29 is 9.53 Å². The Balaban J connectivity index is 2.51. The van der Waals surface area contributed by atoms with E-state index in [1.807, 2.05) is 59.8 Å². The smallest absolute Gasteiger partial charge is 0.346 e. The van der Waals surface area contributed by atoms with Crippen molar-refractivity contribution in [2.75, 3.05) is 0 Å². The minimum absolute atomic E-state index is 0.230. The van der Waals surface area contributed by atoms with Gasteiger partial charge in [-0.1, -0.05) is 30.3 Å². The van der Waals surface area contributed by atoms with E-state index in [0.29, 0.717) is 3.58 Å². The zero-order chi connectivity index (χ0) is 11.1. The molecule has 2 rings (SSSR count). The van der Waals surface area contributed by atoms with E-state index in [2.05, 4.69) is 22.6 Å². The van der Waals surface area contributed by atoms with E-state index in [1.54, 1.807) is 0 Å². The summed E-state index contributed by atoms with van der Waals surface area (Å²) in [5.41, 5.74) is 0.407. The number of carbonyl (C=O) groups is 1. The van der Waals surface area contributed by atoms with Crippen molar-refractivity contribution in [2.24, 2.45) is 0 Å². The molecule has 1 aliphatic rings. The summed E-state index contributed by atoms with van der Waals surface area (Å²) in [6.07, 6.45) is 0. The van der Waals surface area contributed by atoms with Crippen LogP contribution in [0, 0.1) is 0 Å². The SMILES string of the molecule is CC1(c2ccccc2)OC(=O)C(I)=C1I. The maximum absolute atomic E-state index is 11.5. The summed E-state index contributed by atoms with van der Waals surface area (Å²) >= 11 is 4.22. The Morgan fingerprint density at radius 1 is 1.20 bits per heavy atom. The molecule has 0 aliphatic carbocycles. The second kappa shape index (κ2) is 4.04. The van der Waals surface area contributed by atoms with Gasteiger partial charge in [0.25, 0.3) is 0 Å². The fraction of sp³-hybridized carbons (Fsp3) is 0.182. The van der Waals surface area contributed by atoms with Gasteiger partial charge in [0.05, 0.1) is 3.58 Å². The Morgan fingerprint density at radius 2 is 1.80 bits per heavy atom. The highest BCUT2D eigenvalue weighted by molar-refractivity contribution is 14.1. The summed E-state index contributed by atoms with van der Waals surface area (Å²) in [6, 6.07) is 9.79. The van der Waals surface area contributed by atoms with Gasteiger partial charge in [0.2, 0.25) is 0 Å². The van der Waals surface area contributed by atoms with E-state index in [9.17, 15) is 4.79 Å². The molecule has 1 aromatic carbocycles. The molecule has 0 bridgehead atoms. The molecule has 0 fully saturated rings. The van der Waals surface area contributed by atoms with Gasteiger partial charge in [-0.05, 0) is 52.1 Å². The number of rotatable bonds is 1. The molecular weight excluding hydrogens is 418 g/mol. The van der Waals surface area contributed by atoms with Crippen molar-refractivity contribution in [2.45, 2.75) is 12.5 Å². The lowest BCUT2D eigenvalue weighted by Crippen LogP contribution is -2.23. The summed E-state index contributed by atoms with van der Waals surface area (Å²) in [7, 11) is 0. The van der Waals surface area contributed by atoms with Crippen molar-refractivity contribution in [1.29, 1.82) is 0 Å². The topological polar surface area (TPSA) is 26.3 Å². The number of hydrogen-bond donors (Lipinski definition) is 0. The van der Waals surface area contributed by atoms with Crippen LogP contribution in [-0.4, -0.2) is 5.97 Å². The predicted octanol–water partition coefficient (Wildman–Crippen LogP) is 3.54. The van der Waals surface area contributed by atoms with Crippen LogP contribution in [0.3, 0.4) is 0 Å². The highest BCUT2D eigenvalue weighted by Crippen LogP contribution is 2.46. The molecule has 1 unspecified atom stereocenters. The highest BCUT2D eigenvalue weighted by Gasteiger charge is 2.43. The van der Waals surface area contributed by atoms with Crippen LogP contribution in [0.25, 0.3) is 0 Å². The molecule has 0 saturated heterocycles. The van der Waals surface area contributed by atoms with Crippen LogP contribution >= 0.6 is 45.2 Å². The van der Waals surface area contributed by atoms with Crippen LogP contribution in [0.2, 0.25) is 0 Å². The molecular formula is C11H8I2O2. The fourth-order valence-corrected chi connectivity index (χ4v) is 2.78. The van der Waals surface area contributed by atoms with Crippen molar-refractivity contribution in [3.05, 3.63) is 43.1 Å². The summed E-state index contributed by atoms with van der Waals surface area (Å²) in [5, 5.41) is 0. The van der Waals surface area contributed by atoms with E-state index in [4.69, 9.17) is 4.74 Å². The Morgan fingerprint density at radius 3 is 2.27 bits per heavy atom. The van der Waals surface area contributed by atoms with Gasteiger partial charge in [-0.25, -0.2) is 4.79 Å². The van der Waals surface area contributed by atoms with Gasteiger partial charge < -0.3 is 4.74 Å². The largest absolute Gasteiger partial charge is 0.445 e. The summed E-state index contributed by atoms with van der Waals surface area (Å²) in [6.45, 7) is 1.92. The highest BCUT2D eigenvalue weighted by atomic mass is 127. The monoisotopic (exact) mass is 426 g/mol. The number of hydrogen-bond acceptors (Lipinski definition) is 2. The molecule has 0 saturated carbocycles. The van der Waals surface area contributed by atoms with E-state index >= 15 is 0 Å². The van der Waals surface area contributed by atoms with Gasteiger partial charge in [0.1, 0.15) is 3.58 Å². The average Bonchev–Trinajstić information content (AvgIpc) is 2.45. The molecule has 4 heteroatoms. The van der Waals surface area contributed by atoms with Crippen LogP contribution in [-0.2, 0) is 15.1 Å². The van der Waals surface area contributed by atoms with Crippen molar-refractivity contribution >= 4 is 51.2 Å². The maximum Gasteiger partial charge on any atom is 0.346 e. The third kappa shape index (κ3) is 1.82. The van der Waals surface area contributed by atoms with E-state index in [1.165, 1.54) is 0 Å². The minimum Gasteiger partial charge on any atom is -0.445 e. The van der Waals surface area contributed by atoms with Crippen LogP contribution < -0.4 is 0 Å². The molecule has 2 nitrogen and oxygen atoms in total. The van der Waals surface area contributed by atoms with Crippen molar-refractivity contribution in [3.63, 3.8) is 0 Å². The first-order valence-corrected chi connectivity index (χ1v) is 6.56. The van der Waals surface area contributed by atoms with Crippen LogP contribution in [0.5, 0.6) is 0 Å². The van der Waals surface area contributed by atoms with E-state index in [-0.39, 0.29) is 5.97 Å². The Hall–Kier alpha value is -0.110. The second-order valence-electron chi connectivity index (χ2n) is 3.42. The minimum atomic E-state index is -0.602. The predicted molar refractivity (Wildman–Crippen MR) is 75.0 cm³/mol. The molecule has 0 radical (unpaired) electrons. The molecule has 1 atom stereocenters. The normalized spacial score (nSPS) is 25.7. The quantitative estimate of drug-likeness (QED) is 0.508. The lowest BCUT2D eigenvalue weighted by Gasteiger charge is -2.24. The number of cyclic esters (lactones) is 1.